The number of hydrogen-bond donors (Lipinski definition) is 2. The standard InChI is InChI=1S/C31H20F6N2S/c32-30(33,34)22-16-23(31(35,36)37)18-25(17-22)39-29(40)38-24-14-12-20(13-15-24)27-11-5-9-21-8-4-10-26(28(21)27)19-6-2-1-3-7-19/h1-18H,(H2,38,39,40). The molecule has 5 aromatic rings. The highest BCUT2D eigenvalue weighted by Gasteiger charge is 2.37. The SMILES string of the molecule is FC(F)(F)c1cc(NC(=S)Nc2ccc(-c3cccc4cccc(-c5ccccc5)c34)cc2)cc(C(F)(F)F)c1. The maximum absolute atomic E-state index is 13.2. The van der Waals surface area contributed by atoms with E-state index in [1.165, 1.54) is 0 Å². The van der Waals surface area contributed by atoms with Crippen LogP contribution in [0.15, 0.2) is 109 Å². The molecule has 0 aromatic heterocycles. The maximum Gasteiger partial charge on any atom is 0.416 e. The average molecular weight is 567 g/mol. The maximum atomic E-state index is 13.2. The number of thiocarbonyl (C=S) groups is 1. The number of hydrogen-bond acceptors (Lipinski definition) is 1. The lowest BCUT2D eigenvalue weighted by atomic mass is 9.91. The van der Waals surface area contributed by atoms with Gasteiger partial charge in [0.15, 0.2) is 5.11 Å². The van der Waals surface area contributed by atoms with Crippen molar-refractivity contribution >= 4 is 39.5 Å². The van der Waals surface area contributed by atoms with E-state index in [0.29, 0.717) is 17.8 Å². The summed E-state index contributed by atoms with van der Waals surface area (Å²) < 4.78 is 79.0. The summed E-state index contributed by atoms with van der Waals surface area (Å²) >= 11 is 5.17. The largest absolute Gasteiger partial charge is 0.416 e. The van der Waals surface area contributed by atoms with Crippen LogP contribution in [0.3, 0.4) is 0 Å². The fraction of sp³-hybridized carbons (Fsp3) is 0.0645. The van der Waals surface area contributed by atoms with Gasteiger partial charge in [0.2, 0.25) is 0 Å². The summed E-state index contributed by atoms with van der Waals surface area (Å²) in [5.74, 6) is 0. The van der Waals surface area contributed by atoms with Gasteiger partial charge in [0.25, 0.3) is 0 Å². The Morgan fingerprint density at radius 2 is 1.02 bits per heavy atom. The molecule has 2 N–H and O–H groups in total. The summed E-state index contributed by atoms with van der Waals surface area (Å²) in [4.78, 5) is 0. The number of rotatable bonds is 4. The molecule has 9 heteroatoms. The van der Waals surface area contributed by atoms with Crippen molar-refractivity contribution < 1.29 is 26.3 Å². The van der Waals surface area contributed by atoms with Crippen LogP contribution in [0.5, 0.6) is 0 Å². The Morgan fingerprint density at radius 3 is 1.55 bits per heavy atom. The molecule has 0 saturated carbocycles. The van der Waals surface area contributed by atoms with Crippen LogP contribution >= 0.6 is 12.2 Å². The number of anilines is 2. The van der Waals surface area contributed by atoms with Crippen LogP contribution in [-0.4, -0.2) is 5.11 Å². The highest BCUT2D eigenvalue weighted by atomic mass is 32.1. The highest BCUT2D eigenvalue weighted by molar-refractivity contribution is 7.80. The first-order valence-corrected chi connectivity index (χ1v) is 12.4. The molecule has 0 aliphatic carbocycles. The predicted octanol–water partition coefficient (Wildman–Crippen LogP) is 10.0. The van der Waals surface area contributed by atoms with Crippen molar-refractivity contribution in [3.63, 3.8) is 0 Å². The minimum absolute atomic E-state index is 0.0663. The molecule has 0 heterocycles. The van der Waals surface area contributed by atoms with E-state index < -0.39 is 29.2 Å². The third-order valence-corrected chi connectivity index (χ3v) is 6.49. The molecule has 0 bridgehead atoms. The summed E-state index contributed by atoms with van der Waals surface area (Å²) in [6.07, 6.45) is -9.91. The lowest BCUT2D eigenvalue weighted by Gasteiger charge is -2.16. The second kappa shape index (κ2) is 10.7. The molecule has 0 amide bonds. The quantitative estimate of drug-likeness (QED) is 0.167. The third kappa shape index (κ3) is 5.94. The van der Waals surface area contributed by atoms with Gasteiger partial charge in [-0.05, 0) is 75.6 Å². The lowest BCUT2D eigenvalue weighted by Crippen LogP contribution is -2.20. The van der Waals surface area contributed by atoms with Crippen LogP contribution in [0.4, 0.5) is 37.7 Å². The van der Waals surface area contributed by atoms with Gasteiger partial charge in [-0.1, -0.05) is 78.9 Å². The molecule has 0 spiro atoms. The average Bonchev–Trinajstić information content (AvgIpc) is 2.92. The predicted molar refractivity (Wildman–Crippen MR) is 151 cm³/mol. The lowest BCUT2D eigenvalue weighted by molar-refractivity contribution is -0.143. The normalized spacial score (nSPS) is 11.8. The number of benzene rings is 5. The van der Waals surface area contributed by atoms with Crippen LogP contribution in [0.1, 0.15) is 11.1 Å². The fourth-order valence-electron chi connectivity index (χ4n) is 4.49. The molecule has 5 aromatic carbocycles. The van der Waals surface area contributed by atoms with Crippen molar-refractivity contribution in [2.45, 2.75) is 12.4 Å². The molecule has 0 aliphatic heterocycles. The zero-order valence-electron chi connectivity index (χ0n) is 20.6. The minimum atomic E-state index is -4.95. The van der Waals surface area contributed by atoms with Crippen molar-refractivity contribution in [2.24, 2.45) is 0 Å². The molecular weight excluding hydrogens is 546 g/mol. The van der Waals surface area contributed by atoms with Crippen molar-refractivity contribution in [2.75, 3.05) is 10.6 Å². The van der Waals surface area contributed by atoms with E-state index >= 15 is 0 Å². The first-order valence-electron chi connectivity index (χ1n) is 12.0. The fourth-order valence-corrected chi connectivity index (χ4v) is 4.73. The van der Waals surface area contributed by atoms with Gasteiger partial charge in [0, 0.05) is 11.4 Å². The van der Waals surface area contributed by atoms with Gasteiger partial charge < -0.3 is 10.6 Å². The molecule has 0 atom stereocenters. The van der Waals surface area contributed by atoms with Crippen LogP contribution in [0.25, 0.3) is 33.0 Å². The second-order valence-electron chi connectivity index (χ2n) is 9.03. The summed E-state index contributed by atoms with van der Waals surface area (Å²) in [5, 5.41) is 7.25. The van der Waals surface area contributed by atoms with E-state index in [2.05, 4.69) is 28.8 Å². The van der Waals surface area contributed by atoms with Gasteiger partial charge in [0.05, 0.1) is 11.1 Å². The Balaban J connectivity index is 1.40. The zero-order chi connectivity index (χ0) is 28.5. The molecule has 5 rings (SSSR count). The van der Waals surface area contributed by atoms with Crippen LogP contribution < -0.4 is 10.6 Å². The van der Waals surface area contributed by atoms with Crippen molar-refractivity contribution in [1.29, 1.82) is 0 Å². The Morgan fingerprint density at radius 1 is 0.525 bits per heavy atom. The highest BCUT2D eigenvalue weighted by Crippen LogP contribution is 2.38. The molecule has 0 aliphatic rings. The van der Waals surface area contributed by atoms with Crippen molar-refractivity contribution in [3.05, 3.63) is 120 Å². The van der Waals surface area contributed by atoms with Gasteiger partial charge >= 0.3 is 12.4 Å². The Hall–Kier alpha value is -4.37. The first-order chi connectivity index (χ1) is 19.0. The second-order valence-corrected chi connectivity index (χ2v) is 9.43. The number of halogens is 6. The number of alkyl halides is 6. The van der Waals surface area contributed by atoms with Gasteiger partial charge in [-0.3, -0.25) is 0 Å². The third-order valence-electron chi connectivity index (χ3n) is 6.29. The Kier molecular flexibility index (Phi) is 7.25. The van der Waals surface area contributed by atoms with Crippen LogP contribution in [-0.2, 0) is 12.4 Å². The van der Waals surface area contributed by atoms with Crippen LogP contribution in [0.2, 0.25) is 0 Å². The van der Waals surface area contributed by atoms with E-state index in [0.717, 1.165) is 33.0 Å². The topological polar surface area (TPSA) is 24.1 Å². The Bertz CT molecular complexity index is 1640. The molecule has 2 nitrogen and oxygen atoms in total. The van der Waals surface area contributed by atoms with Gasteiger partial charge in [-0.2, -0.15) is 26.3 Å². The van der Waals surface area contributed by atoms with Gasteiger partial charge in [-0.15, -0.1) is 0 Å². The molecule has 40 heavy (non-hydrogen) atoms. The van der Waals surface area contributed by atoms with Crippen molar-refractivity contribution in [1.82, 2.24) is 0 Å². The minimum Gasteiger partial charge on any atom is -0.332 e. The molecule has 0 radical (unpaired) electrons. The monoisotopic (exact) mass is 566 g/mol. The smallest absolute Gasteiger partial charge is 0.332 e. The van der Waals surface area contributed by atoms with Crippen molar-refractivity contribution in [3.8, 4) is 22.3 Å². The van der Waals surface area contributed by atoms with E-state index in [-0.39, 0.29) is 11.2 Å². The summed E-state index contributed by atoms with van der Waals surface area (Å²) in [6, 6.07) is 30.6. The molecule has 0 fully saturated rings. The van der Waals surface area contributed by atoms with E-state index in [1.54, 1.807) is 12.1 Å². The van der Waals surface area contributed by atoms with Gasteiger partial charge in [-0.25, -0.2) is 0 Å². The van der Waals surface area contributed by atoms with E-state index in [9.17, 15) is 26.3 Å². The molecule has 0 unspecified atom stereocenters. The first kappa shape index (κ1) is 27.2. The summed E-state index contributed by atoms with van der Waals surface area (Å²) in [5.41, 5.74) is 1.32. The van der Waals surface area contributed by atoms with E-state index in [1.807, 2.05) is 60.7 Å². The van der Waals surface area contributed by atoms with Crippen LogP contribution in [0, 0.1) is 0 Å². The summed E-state index contributed by atoms with van der Waals surface area (Å²) in [6.45, 7) is 0. The Labute approximate surface area is 231 Å². The molecule has 202 valence electrons. The zero-order valence-corrected chi connectivity index (χ0v) is 21.4. The summed E-state index contributed by atoms with van der Waals surface area (Å²) in [7, 11) is 0. The molecular formula is C31H20F6N2S. The molecule has 0 saturated heterocycles. The number of nitrogens with one attached hydrogen (secondary N) is 2. The number of fused-ring (bicyclic) bond motifs is 1. The van der Waals surface area contributed by atoms with E-state index in [4.69, 9.17) is 12.2 Å². The van der Waals surface area contributed by atoms with Gasteiger partial charge in [0.1, 0.15) is 0 Å².